The van der Waals surface area contributed by atoms with Crippen molar-refractivity contribution in [2.24, 2.45) is 5.41 Å². The first-order valence-corrected chi connectivity index (χ1v) is 11.5. The molecule has 2 atom stereocenters. The van der Waals surface area contributed by atoms with Crippen LogP contribution in [0.15, 0.2) is 18.2 Å². The molecule has 5 rings (SSSR count). The van der Waals surface area contributed by atoms with Crippen molar-refractivity contribution in [3.05, 3.63) is 29.6 Å². The monoisotopic (exact) mass is 441 g/mol. The number of hydrogen-bond donors (Lipinski definition) is 1. The second-order valence-electron chi connectivity index (χ2n) is 10.5. The first-order valence-electron chi connectivity index (χ1n) is 11.5. The number of imidazole rings is 1. The van der Waals surface area contributed by atoms with Gasteiger partial charge in [0.05, 0.1) is 29.2 Å². The topological polar surface area (TPSA) is 93.9 Å². The zero-order chi connectivity index (χ0) is 22.7. The van der Waals surface area contributed by atoms with Gasteiger partial charge in [0.1, 0.15) is 11.4 Å². The van der Waals surface area contributed by atoms with Gasteiger partial charge in [-0.1, -0.05) is 0 Å². The molecule has 8 heteroatoms. The number of rotatable bonds is 4. The van der Waals surface area contributed by atoms with Crippen LogP contribution in [0.4, 0.5) is 4.79 Å². The fourth-order valence-electron chi connectivity index (χ4n) is 5.09. The van der Waals surface area contributed by atoms with Gasteiger partial charge in [-0.15, -0.1) is 0 Å². The van der Waals surface area contributed by atoms with E-state index in [0.29, 0.717) is 25.6 Å². The molecule has 32 heavy (non-hydrogen) atoms. The number of carboxylic acid groups (broad SMARTS) is 1. The molecule has 1 spiro atoms. The highest BCUT2D eigenvalue weighted by molar-refractivity contribution is 5.92. The fraction of sp³-hybridized carbons (Fsp3) is 0.625. The number of carbonyl (C=O) groups is 2. The summed E-state index contributed by atoms with van der Waals surface area (Å²) in [6, 6.07) is 5.15. The molecule has 0 bridgehead atoms. The summed E-state index contributed by atoms with van der Waals surface area (Å²) in [5.74, 6) is 0.422. The number of aromatic nitrogens is 2. The van der Waals surface area contributed by atoms with Crippen LogP contribution in [0.5, 0.6) is 0 Å². The van der Waals surface area contributed by atoms with Crippen LogP contribution >= 0.6 is 0 Å². The number of piperidine rings is 1. The average molecular weight is 442 g/mol. The third-order valence-electron chi connectivity index (χ3n) is 7.12. The molecule has 3 fully saturated rings. The van der Waals surface area contributed by atoms with Crippen molar-refractivity contribution in [3.63, 3.8) is 0 Å². The third-order valence-corrected chi connectivity index (χ3v) is 7.12. The van der Waals surface area contributed by atoms with Gasteiger partial charge in [0, 0.05) is 25.6 Å². The summed E-state index contributed by atoms with van der Waals surface area (Å²) in [6.45, 7) is 8.53. The maximum Gasteiger partial charge on any atom is 0.410 e. The van der Waals surface area contributed by atoms with E-state index < -0.39 is 11.6 Å². The second kappa shape index (κ2) is 7.47. The van der Waals surface area contributed by atoms with E-state index in [4.69, 9.17) is 14.5 Å². The molecule has 172 valence electrons. The Morgan fingerprint density at radius 3 is 2.59 bits per heavy atom. The van der Waals surface area contributed by atoms with Gasteiger partial charge in [0.25, 0.3) is 0 Å². The van der Waals surface area contributed by atoms with Crippen LogP contribution in [-0.2, 0) is 16.0 Å². The Morgan fingerprint density at radius 2 is 2.00 bits per heavy atom. The number of ether oxygens (including phenoxy) is 2. The van der Waals surface area contributed by atoms with E-state index in [1.54, 1.807) is 18.2 Å². The molecule has 2 aromatic rings. The van der Waals surface area contributed by atoms with Crippen LogP contribution < -0.4 is 0 Å². The van der Waals surface area contributed by atoms with Gasteiger partial charge in [0.2, 0.25) is 0 Å². The van der Waals surface area contributed by atoms with Crippen LogP contribution in [0.1, 0.15) is 68.6 Å². The highest BCUT2D eigenvalue weighted by Crippen LogP contribution is 2.65. The Kier molecular flexibility index (Phi) is 4.96. The third kappa shape index (κ3) is 3.85. The van der Waals surface area contributed by atoms with E-state index in [1.807, 2.05) is 25.7 Å². The summed E-state index contributed by atoms with van der Waals surface area (Å²) >= 11 is 0. The maximum absolute atomic E-state index is 12.4. The van der Waals surface area contributed by atoms with Crippen LogP contribution in [0.3, 0.4) is 0 Å². The molecule has 2 saturated heterocycles. The largest absolute Gasteiger partial charge is 0.478 e. The number of nitrogens with zero attached hydrogens (tertiary/aromatic N) is 3. The summed E-state index contributed by atoms with van der Waals surface area (Å²) in [4.78, 5) is 30.7. The number of carbonyl (C=O) groups excluding carboxylic acids is 1. The van der Waals surface area contributed by atoms with Crippen molar-refractivity contribution < 1.29 is 24.2 Å². The number of aromatic carboxylic acids is 1. The average Bonchev–Trinajstić information content (AvgIpc) is 3.25. The van der Waals surface area contributed by atoms with E-state index in [0.717, 1.165) is 49.1 Å². The molecule has 2 aliphatic heterocycles. The van der Waals surface area contributed by atoms with Crippen molar-refractivity contribution >= 4 is 23.1 Å². The Bertz CT molecular complexity index is 1060. The number of carboxylic acids is 1. The predicted octanol–water partition coefficient (Wildman–Crippen LogP) is 4.03. The summed E-state index contributed by atoms with van der Waals surface area (Å²) in [6.07, 6.45) is 3.85. The molecule has 1 aliphatic carbocycles. The molecule has 3 aliphatic rings. The van der Waals surface area contributed by atoms with Gasteiger partial charge in [0.15, 0.2) is 0 Å². The van der Waals surface area contributed by atoms with Gasteiger partial charge in [-0.2, -0.15) is 0 Å². The Labute approximate surface area is 187 Å². The van der Waals surface area contributed by atoms with Crippen LogP contribution in [-0.4, -0.2) is 63.0 Å². The maximum atomic E-state index is 12.4. The molecule has 0 radical (unpaired) electrons. The first kappa shape index (κ1) is 21.2. The summed E-state index contributed by atoms with van der Waals surface area (Å²) < 4.78 is 13.4. The van der Waals surface area contributed by atoms with Crippen molar-refractivity contribution in [2.75, 3.05) is 19.7 Å². The van der Waals surface area contributed by atoms with Crippen LogP contribution in [0.25, 0.3) is 11.0 Å². The van der Waals surface area contributed by atoms with Gasteiger partial charge in [-0.3, -0.25) is 0 Å². The molecule has 1 saturated carbocycles. The highest BCUT2D eigenvalue weighted by atomic mass is 16.6. The molecule has 1 unspecified atom stereocenters. The molecule has 1 aromatic heterocycles. The van der Waals surface area contributed by atoms with E-state index in [2.05, 4.69) is 4.57 Å². The smallest absolute Gasteiger partial charge is 0.410 e. The second-order valence-corrected chi connectivity index (χ2v) is 10.5. The molecular formula is C24H31N3O5. The predicted molar refractivity (Wildman–Crippen MR) is 118 cm³/mol. The number of benzene rings is 1. The minimum atomic E-state index is -0.932. The SMILES string of the molecule is CC(C)(C)OC(=O)N1CCC2(CC1)CC2c1nc2ccc(C(=O)O)cc2n1C[C@@H]1CCO1. The van der Waals surface area contributed by atoms with E-state index >= 15 is 0 Å². The van der Waals surface area contributed by atoms with E-state index in [-0.39, 0.29) is 23.2 Å². The standard InChI is InChI=1S/C24H31N3O5/c1-23(2,3)32-22(30)26-9-7-24(8-10-26)13-17(24)20-25-18-5-4-15(21(28)29)12-19(18)27(20)14-16-6-11-31-16/h4-5,12,16-17H,6-11,13-14H2,1-3H3,(H,28,29)/t16-,17?/m0/s1. The fourth-order valence-corrected chi connectivity index (χ4v) is 5.09. The van der Waals surface area contributed by atoms with Gasteiger partial charge in [-0.25, -0.2) is 14.6 Å². The first-order chi connectivity index (χ1) is 15.2. The number of hydrogen-bond acceptors (Lipinski definition) is 5. The van der Waals surface area contributed by atoms with E-state index in [9.17, 15) is 14.7 Å². The van der Waals surface area contributed by atoms with E-state index in [1.165, 1.54) is 0 Å². The van der Waals surface area contributed by atoms with Crippen molar-refractivity contribution in [2.45, 2.75) is 70.6 Å². The summed E-state index contributed by atoms with van der Waals surface area (Å²) in [5, 5.41) is 9.44. The lowest BCUT2D eigenvalue weighted by molar-refractivity contribution is -0.0590. The Morgan fingerprint density at radius 1 is 1.28 bits per heavy atom. The van der Waals surface area contributed by atoms with Gasteiger partial charge >= 0.3 is 12.1 Å². The molecule has 8 nitrogen and oxygen atoms in total. The number of likely N-dealkylation sites (tertiary alicyclic amines) is 1. The van der Waals surface area contributed by atoms with Crippen molar-refractivity contribution in [1.29, 1.82) is 0 Å². The normalized spacial score (nSPS) is 24.4. The molecule has 1 aromatic carbocycles. The van der Waals surface area contributed by atoms with Gasteiger partial charge in [-0.05, 0) is 70.1 Å². The highest BCUT2D eigenvalue weighted by Gasteiger charge is 2.58. The van der Waals surface area contributed by atoms with Crippen LogP contribution in [0.2, 0.25) is 0 Å². The number of amides is 1. The minimum absolute atomic E-state index is 0.156. The number of fused-ring (bicyclic) bond motifs is 1. The van der Waals surface area contributed by atoms with Crippen molar-refractivity contribution in [1.82, 2.24) is 14.5 Å². The quantitative estimate of drug-likeness (QED) is 0.770. The Balaban J connectivity index is 1.37. The van der Waals surface area contributed by atoms with Crippen molar-refractivity contribution in [3.8, 4) is 0 Å². The zero-order valence-corrected chi connectivity index (χ0v) is 19.0. The lowest BCUT2D eigenvalue weighted by Crippen LogP contribution is -2.42. The zero-order valence-electron chi connectivity index (χ0n) is 19.0. The lowest BCUT2D eigenvalue weighted by atomic mass is 9.90. The Hall–Kier alpha value is -2.61. The summed E-state index contributed by atoms with van der Waals surface area (Å²) in [7, 11) is 0. The molecule has 3 heterocycles. The molecule has 1 N–H and O–H groups in total. The lowest BCUT2D eigenvalue weighted by Gasteiger charge is -2.34. The summed E-state index contributed by atoms with van der Waals surface area (Å²) in [5.41, 5.74) is 1.64. The molecule has 1 amide bonds. The molecular weight excluding hydrogens is 410 g/mol. The minimum Gasteiger partial charge on any atom is -0.478 e. The van der Waals surface area contributed by atoms with Gasteiger partial charge < -0.3 is 24.0 Å². The van der Waals surface area contributed by atoms with Crippen LogP contribution in [0, 0.1) is 5.41 Å².